The van der Waals surface area contributed by atoms with Crippen molar-refractivity contribution in [2.24, 2.45) is 5.92 Å². The van der Waals surface area contributed by atoms with E-state index >= 15 is 0 Å². The number of carbonyl (C=O) groups is 1. The summed E-state index contributed by atoms with van der Waals surface area (Å²) in [6.45, 7) is 2.01. The molecule has 5 nitrogen and oxygen atoms in total. The molecule has 1 aliphatic carbocycles. The minimum absolute atomic E-state index is 0.229. The summed E-state index contributed by atoms with van der Waals surface area (Å²) in [7, 11) is 1.39. The number of hydrogen-bond acceptors (Lipinski definition) is 4. The summed E-state index contributed by atoms with van der Waals surface area (Å²) in [6.07, 6.45) is 0.764. The van der Waals surface area contributed by atoms with Gasteiger partial charge < -0.3 is 9.15 Å². The minimum Gasteiger partial charge on any atom is -0.468 e. The Morgan fingerprint density at radius 2 is 2.28 bits per heavy atom. The van der Waals surface area contributed by atoms with Gasteiger partial charge in [0.15, 0.2) is 5.58 Å². The SMILES string of the molecule is COC(=O)C1(c2ccc3[nH]c(=O)oc3c2)CC1C. The maximum absolute atomic E-state index is 11.9. The first-order valence-corrected chi connectivity index (χ1v) is 5.79. The van der Waals surface area contributed by atoms with E-state index < -0.39 is 11.2 Å². The topological polar surface area (TPSA) is 72.3 Å². The Labute approximate surface area is 103 Å². The first-order chi connectivity index (χ1) is 8.57. The van der Waals surface area contributed by atoms with Crippen LogP contribution < -0.4 is 5.76 Å². The number of carbonyl (C=O) groups excluding carboxylic acids is 1. The van der Waals surface area contributed by atoms with Crippen molar-refractivity contribution in [1.29, 1.82) is 0 Å². The highest BCUT2D eigenvalue weighted by Crippen LogP contribution is 2.55. The molecule has 1 aromatic heterocycles. The molecular formula is C13H13NO4. The molecule has 1 saturated carbocycles. The van der Waals surface area contributed by atoms with Crippen molar-refractivity contribution in [2.75, 3.05) is 7.11 Å². The van der Waals surface area contributed by atoms with Crippen molar-refractivity contribution in [2.45, 2.75) is 18.8 Å². The summed E-state index contributed by atoms with van der Waals surface area (Å²) in [4.78, 5) is 25.6. The average molecular weight is 247 g/mol. The molecule has 2 aromatic rings. The van der Waals surface area contributed by atoms with E-state index in [-0.39, 0.29) is 11.9 Å². The van der Waals surface area contributed by atoms with Crippen LogP contribution in [0.4, 0.5) is 0 Å². The van der Waals surface area contributed by atoms with Gasteiger partial charge in [0.1, 0.15) is 0 Å². The van der Waals surface area contributed by atoms with Crippen LogP contribution in [0.2, 0.25) is 0 Å². The third-order valence-corrected chi connectivity index (χ3v) is 3.80. The second-order valence-corrected chi connectivity index (χ2v) is 4.79. The van der Waals surface area contributed by atoms with Gasteiger partial charge >= 0.3 is 11.7 Å². The fourth-order valence-corrected chi connectivity index (χ4v) is 2.63. The lowest BCUT2D eigenvalue weighted by Gasteiger charge is -2.14. The molecule has 1 aliphatic rings. The van der Waals surface area contributed by atoms with Crippen molar-refractivity contribution >= 4 is 17.1 Å². The number of rotatable bonds is 2. The molecule has 0 spiro atoms. The summed E-state index contributed by atoms with van der Waals surface area (Å²) in [6, 6.07) is 5.34. The molecule has 0 amide bonds. The van der Waals surface area contributed by atoms with Crippen molar-refractivity contribution in [1.82, 2.24) is 4.98 Å². The standard InChI is InChI=1S/C13H13NO4/c1-7-6-13(7,11(15)17-2)8-3-4-9-10(5-8)18-12(16)14-9/h3-5,7H,6H2,1-2H3,(H,14,16). The zero-order valence-corrected chi connectivity index (χ0v) is 10.1. The highest BCUT2D eigenvalue weighted by atomic mass is 16.5. The Morgan fingerprint density at radius 3 is 2.89 bits per heavy atom. The molecular weight excluding hydrogens is 234 g/mol. The average Bonchev–Trinajstić information content (AvgIpc) is 2.89. The third-order valence-electron chi connectivity index (χ3n) is 3.80. The first kappa shape index (κ1) is 11.1. The number of hydrogen-bond donors (Lipinski definition) is 1. The van der Waals surface area contributed by atoms with Gasteiger partial charge in [0, 0.05) is 0 Å². The Morgan fingerprint density at radius 1 is 1.56 bits per heavy atom. The van der Waals surface area contributed by atoms with Crippen molar-refractivity contribution in [3.05, 3.63) is 34.3 Å². The van der Waals surface area contributed by atoms with E-state index in [1.807, 2.05) is 13.0 Å². The maximum Gasteiger partial charge on any atom is 0.417 e. The molecule has 2 atom stereocenters. The van der Waals surface area contributed by atoms with Gasteiger partial charge in [-0.1, -0.05) is 13.0 Å². The number of aromatic nitrogens is 1. The van der Waals surface area contributed by atoms with Crippen LogP contribution in [-0.2, 0) is 14.9 Å². The van der Waals surface area contributed by atoms with E-state index in [2.05, 4.69) is 4.98 Å². The van der Waals surface area contributed by atoms with Gasteiger partial charge in [-0.15, -0.1) is 0 Å². The molecule has 0 radical (unpaired) electrons. The van der Waals surface area contributed by atoms with Crippen molar-refractivity contribution in [3.63, 3.8) is 0 Å². The molecule has 1 N–H and O–H groups in total. The number of fused-ring (bicyclic) bond motifs is 1. The lowest BCUT2D eigenvalue weighted by Crippen LogP contribution is -2.23. The summed E-state index contributed by atoms with van der Waals surface area (Å²) in [5.74, 6) is -0.474. The summed E-state index contributed by atoms with van der Waals surface area (Å²) in [5, 5.41) is 0. The lowest BCUT2D eigenvalue weighted by molar-refractivity contribution is -0.144. The Hall–Kier alpha value is -2.04. The number of benzene rings is 1. The molecule has 18 heavy (non-hydrogen) atoms. The molecule has 1 aromatic carbocycles. The molecule has 0 bridgehead atoms. The summed E-state index contributed by atoms with van der Waals surface area (Å²) < 4.78 is 9.90. The van der Waals surface area contributed by atoms with Crippen LogP contribution in [0, 0.1) is 5.92 Å². The minimum atomic E-state index is -0.571. The summed E-state index contributed by atoms with van der Waals surface area (Å²) in [5.41, 5.74) is 1.38. The van der Waals surface area contributed by atoms with Crippen LogP contribution in [-0.4, -0.2) is 18.1 Å². The van der Waals surface area contributed by atoms with Gasteiger partial charge in [-0.05, 0) is 30.0 Å². The van der Waals surface area contributed by atoms with Gasteiger partial charge in [-0.25, -0.2) is 4.79 Å². The van der Waals surface area contributed by atoms with Crippen LogP contribution in [0.5, 0.6) is 0 Å². The monoisotopic (exact) mass is 247 g/mol. The number of ether oxygens (including phenoxy) is 1. The summed E-state index contributed by atoms with van der Waals surface area (Å²) >= 11 is 0. The molecule has 94 valence electrons. The highest BCUT2D eigenvalue weighted by Gasteiger charge is 2.59. The molecule has 5 heteroatoms. The van der Waals surface area contributed by atoms with Crippen molar-refractivity contribution in [3.8, 4) is 0 Å². The second-order valence-electron chi connectivity index (χ2n) is 4.79. The molecule has 0 saturated heterocycles. The van der Waals surface area contributed by atoms with Crippen LogP contribution in [0.25, 0.3) is 11.1 Å². The Kier molecular flexibility index (Phi) is 2.14. The van der Waals surface area contributed by atoms with Gasteiger partial charge in [-0.3, -0.25) is 9.78 Å². The van der Waals surface area contributed by atoms with E-state index in [1.54, 1.807) is 12.1 Å². The number of esters is 1. The normalized spacial score (nSPS) is 26.2. The van der Waals surface area contributed by atoms with Gasteiger partial charge in [-0.2, -0.15) is 0 Å². The van der Waals surface area contributed by atoms with Crippen LogP contribution in [0.3, 0.4) is 0 Å². The fourth-order valence-electron chi connectivity index (χ4n) is 2.63. The highest BCUT2D eigenvalue weighted by molar-refractivity contribution is 5.88. The van der Waals surface area contributed by atoms with Crippen LogP contribution >= 0.6 is 0 Å². The number of oxazole rings is 1. The van der Waals surface area contributed by atoms with E-state index in [0.29, 0.717) is 11.1 Å². The number of methoxy groups -OCH3 is 1. The quantitative estimate of drug-likeness (QED) is 0.817. The lowest BCUT2D eigenvalue weighted by atomic mass is 9.93. The van der Waals surface area contributed by atoms with Crippen LogP contribution in [0.15, 0.2) is 27.4 Å². The van der Waals surface area contributed by atoms with E-state index in [4.69, 9.17) is 9.15 Å². The second kappa shape index (κ2) is 3.48. The van der Waals surface area contributed by atoms with Gasteiger partial charge in [0.05, 0.1) is 18.0 Å². The number of aromatic amines is 1. The smallest absolute Gasteiger partial charge is 0.417 e. The van der Waals surface area contributed by atoms with Crippen molar-refractivity contribution < 1.29 is 13.9 Å². The largest absolute Gasteiger partial charge is 0.468 e. The van der Waals surface area contributed by atoms with E-state index in [9.17, 15) is 9.59 Å². The van der Waals surface area contributed by atoms with E-state index in [0.717, 1.165) is 12.0 Å². The third kappa shape index (κ3) is 1.33. The maximum atomic E-state index is 11.9. The Bertz CT molecular complexity index is 684. The van der Waals surface area contributed by atoms with Crippen LogP contribution in [0.1, 0.15) is 18.9 Å². The number of nitrogens with one attached hydrogen (secondary N) is 1. The predicted octanol–water partition coefficient (Wildman–Crippen LogP) is 1.57. The first-order valence-electron chi connectivity index (χ1n) is 5.79. The Balaban J connectivity index is 2.14. The molecule has 3 rings (SSSR count). The zero-order valence-electron chi connectivity index (χ0n) is 10.1. The van der Waals surface area contributed by atoms with E-state index in [1.165, 1.54) is 7.11 Å². The predicted molar refractivity (Wildman–Crippen MR) is 64.3 cm³/mol. The molecule has 1 fully saturated rings. The zero-order chi connectivity index (χ0) is 12.9. The molecule has 0 aliphatic heterocycles. The molecule has 1 heterocycles. The van der Waals surface area contributed by atoms with Gasteiger partial charge in [0.2, 0.25) is 0 Å². The number of H-pyrrole nitrogens is 1. The molecule has 2 unspecified atom stereocenters. The fraction of sp³-hybridized carbons (Fsp3) is 0.385. The van der Waals surface area contributed by atoms with Gasteiger partial charge in [0.25, 0.3) is 0 Å².